The molecule has 1 aromatic rings. The highest BCUT2D eigenvalue weighted by Crippen LogP contribution is 2.15. The van der Waals surface area contributed by atoms with E-state index >= 15 is 0 Å². The Bertz CT molecular complexity index is 503. The molecule has 0 N–H and O–H groups in total. The van der Waals surface area contributed by atoms with E-state index in [4.69, 9.17) is 9.47 Å². The van der Waals surface area contributed by atoms with E-state index in [1.54, 1.807) is 57.3 Å². The molecular weight excluding hydrogens is 258 g/mol. The maximum atomic E-state index is 12.4. The monoisotopic (exact) mass is 277 g/mol. The molecule has 0 fully saturated rings. The van der Waals surface area contributed by atoms with E-state index in [2.05, 4.69) is 0 Å². The van der Waals surface area contributed by atoms with Gasteiger partial charge in [-0.1, -0.05) is 0 Å². The van der Waals surface area contributed by atoms with Gasteiger partial charge in [0.05, 0.1) is 13.7 Å². The fourth-order valence-corrected chi connectivity index (χ4v) is 1.57. The average molecular weight is 277 g/mol. The molecule has 0 radical (unpaired) electrons. The van der Waals surface area contributed by atoms with Gasteiger partial charge in [0.15, 0.2) is 0 Å². The Hall–Kier alpha value is -2.30. The van der Waals surface area contributed by atoms with Crippen molar-refractivity contribution in [3.63, 3.8) is 0 Å². The number of carbonyl (C=O) groups excluding carboxylic acids is 2. The van der Waals surface area contributed by atoms with E-state index in [1.165, 1.54) is 6.20 Å². The Morgan fingerprint density at radius 2 is 1.80 bits per heavy atom. The van der Waals surface area contributed by atoms with Gasteiger partial charge in [-0.2, -0.15) is 0 Å². The molecule has 0 amide bonds. The quantitative estimate of drug-likeness (QED) is 0.261. The van der Waals surface area contributed by atoms with E-state index in [0.717, 1.165) is 0 Å². The standard InChI is InChI=1S/C15H19NO4/c1-5-20-15(18)13(10-16(2)3)14(17)11-6-8-12(19-4)9-7-11/h6-10H,5H2,1-4H3. The van der Waals surface area contributed by atoms with Crippen LogP contribution in [-0.2, 0) is 9.53 Å². The molecule has 0 saturated carbocycles. The molecule has 0 atom stereocenters. The van der Waals surface area contributed by atoms with Crippen LogP contribution in [0.5, 0.6) is 5.75 Å². The molecular formula is C15H19NO4. The van der Waals surface area contributed by atoms with Gasteiger partial charge in [0.1, 0.15) is 11.3 Å². The fraction of sp³-hybridized carbons (Fsp3) is 0.333. The van der Waals surface area contributed by atoms with Crippen LogP contribution in [0.1, 0.15) is 17.3 Å². The minimum Gasteiger partial charge on any atom is -0.497 e. The minimum atomic E-state index is -0.623. The summed E-state index contributed by atoms with van der Waals surface area (Å²) in [7, 11) is 5.02. The van der Waals surface area contributed by atoms with Crippen LogP contribution in [0.4, 0.5) is 0 Å². The third-order valence-electron chi connectivity index (χ3n) is 2.48. The molecule has 20 heavy (non-hydrogen) atoms. The second kappa shape index (κ2) is 7.33. The SMILES string of the molecule is CCOC(=O)C(=CN(C)C)C(=O)c1ccc(OC)cc1. The van der Waals surface area contributed by atoms with E-state index in [1.807, 2.05) is 0 Å². The maximum absolute atomic E-state index is 12.4. The lowest BCUT2D eigenvalue weighted by Gasteiger charge is -2.11. The predicted molar refractivity (Wildman–Crippen MR) is 75.7 cm³/mol. The van der Waals surface area contributed by atoms with Gasteiger partial charge in [-0.25, -0.2) is 4.79 Å². The third kappa shape index (κ3) is 4.12. The first-order chi connectivity index (χ1) is 9.49. The number of hydrogen-bond donors (Lipinski definition) is 0. The largest absolute Gasteiger partial charge is 0.497 e. The zero-order valence-electron chi connectivity index (χ0n) is 12.2. The van der Waals surface area contributed by atoms with Crippen molar-refractivity contribution in [3.8, 4) is 5.75 Å². The Morgan fingerprint density at radius 3 is 2.25 bits per heavy atom. The summed E-state index contributed by atoms with van der Waals surface area (Å²) in [6, 6.07) is 6.57. The normalized spacial score (nSPS) is 10.9. The Balaban J connectivity index is 3.06. The van der Waals surface area contributed by atoms with Gasteiger partial charge in [-0.3, -0.25) is 4.79 Å². The van der Waals surface area contributed by atoms with Gasteiger partial charge in [0.2, 0.25) is 5.78 Å². The first-order valence-corrected chi connectivity index (χ1v) is 6.23. The van der Waals surface area contributed by atoms with Crippen molar-refractivity contribution in [3.05, 3.63) is 41.6 Å². The summed E-state index contributed by atoms with van der Waals surface area (Å²) in [6.07, 6.45) is 1.46. The van der Waals surface area contributed by atoms with E-state index < -0.39 is 5.97 Å². The Morgan fingerprint density at radius 1 is 1.20 bits per heavy atom. The zero-order valence-corrected chi connectivity index (χ0v) is 12.2. The molecule has 0 aliphatic heterocycles. The second-order valence-electron chi connectivity index (χ2n) is 4.28. The summed E-state index contributed by atoms with van der Waals surface area (Å²) in [4.78, 5) is 25.8. The predicted octanol–water partition coefficient (Wildman–Crippen LogP) is 1.89. The smallest absolute Gasteiger partial charge is 0.343 e. The lowest BCUT2D eigenvalue weighted by molar-refractivity contribution is -0.138. The number of benzene rings is 1. The number of hydrogen-bond acceptors (Lipinski definition) is 5. The molecule has 0 saturated heterocycles. The number of ether oxygens (including phenoxy) is 2. The molecule has 0 aliphatic rings. The highest BCUT2D eigenvalue weighted by molar-refractivity contribution is 6.24. The van der Waals surface area contributed by atoms with E-state index in [9.17, 15) is 9.59 Å². The van der Waals surface area contributed by atoms with Crippen LogP contribution in [0.25, 0.3) is 0 Å². The van der Waals surface area contributed by atoms with E-state index in [0.29, 0.717) is 11.3 Å². The highest BCUT2D eigenvalue weighted by Gasteiger charge is 2.21. The van der Waals surface area contributed by atoms with Crippen LogP contribution >= 0.6 is 0 Å². The van der Waals surface area contributed by atoms with Crippen molar-refractivity contribution in [2.75, 3.05) is 27.8 Å². The number of rotatable bonds is 6. The number of esters is 1. The molecule has 0 aromatic heterocycles. The lowest BCUT2D eigenvalue weighted by Crippen LogP contribution is -2.19. The van der Waals surface area contributed by atoms with Gasteiger partial charge in [0, 0.05) is 25.9 Å². The van der Waals surface area contributed by atoms with Crippen LogP contribution in [-0.4, -0.2) is 44.5 Å². The molecule has 0 spiro atoms. The number of Topliss-reactive ketones (excluding diaryl/α,β-unsaturated/α-hetero) is 1. The third-order valence-corrected chi connectivity index (χ3v) is 2.48. The molecule has 1 rings (SSSR count). The fourth-order valence-electron chi connectivity index (χ4n) is 1.57. The molecule has 0 aliphatic carbocycles. The molecule has 0 unspecified atom stereocenters. The highest BCUT2D eigenvalue weighted by atomic mass is 16.5. The second-order valence-corrected chi connectivity index (χ2v) is 4.28. The van der Waals surface area contributed by atoms with Crippen LogP contribution in [0.3, 0.4) is 0 Å². The van der Waals surface area contributed by atoms with Crippen molar-refractivity contribution >= 4 is 11.8 Å². The molecule has 0 heterocycles. The number of ketones is 1. The summed E-state index contributed by atoms with van der Waals surface area (Å²) in [6.45, 7) is 1.92. The van der Waals surface area contributed by atoms with Gasteiger partial charge in [0.25, 0.3) is 0 Å². The van der Waals surface area contributed by atoms with Crippen LogP contribution < -0.4 is 4.74 Å². The Labute approximate surface area is 118 Å². The molecule has 0 bridgehead atoms. The van der Waals surface area contributed by atoms with Crippen molar-refractivity contribution in [1.82, 2.24) is 4.90 Å². The van der Waals surface area contributed by atoms with Gasteiger partial charge in [-0.15, -0.1) is 0 Å². The molecule has 5 heteroatoms. The molecule has 1 aromatic carbocycles. The number of methoxy groups -OCH3 is 1. The van der Waals surface area contributed by atoms with Crippen molar-refractivity contribution < 1.29 is 19.1 Å². The average Bonchev–Trinajstić information content (AvgIpc) is 2.44. The summed E-state index contributed by atoms with van der Waals surface area (Å²) >= 11 is 0. The lowest BCUT2D eigenvalue weighted by atomic mass is 10.0. The van der Waals surface area contributed by atoms with Gasteiger partial charge >= 0.3 is 5.97 Å². The summed E-state index contributed by atoms with van der Waals surface area (Å²) in [5.74, 6) is -0.349. The summed E-state index contributed by atoms with van der Waals surface area (Å²) in [5, 5.41) is 0. The first-order valence-electron chi connectivity index (χ1n) is 6.23. The number of nitrogens with zero attached hydrogens (tertiary/aromatic N) is 1. The van der Waals surface area contributed by atoms with Gasteiger partial charge < -0.3 is 14.4 Å². The molecule has 5 nitrogen and oxygen atoms in total. The first kappa shape index (κ1) is 15.8. The summed E-state index contributed by atoms with van der Waals surface area (Å²) in [5.41, 5.74) is 0.411. The molecule has 108 valence electrons. The van der Waals surface area contributed by atoms with Crippen molar-refractivity contribution in [2.45, 2.75) is 6.92 Å². The van der Waals surface area contributed by atoms with Crippen LogP contribution in [0.15, 0.2) is 36.0 Å². The van der Waals surface area contributed by atoms with Crippen LogP contribution in [0.2, 0.25) is 0 Å². The maximum Gasteiger partial charge on any atom is 0.343 e. The van der Waals surface area contributed by atoms with Crippen molar-refractivity contribution in [2.24, 2.45) is 0 Å². The van der Waals surface area contributed by atoms with Crippen molar-refractivity contribution in [1.29, 1.82) is 0 Å². The topological polar surface area (TPSA) is 55.8 Å². The minimum absolute atomic E-state index is 0.00187. The number of carbonyl (C=O) groups is 2. The summed E-state index contributed by atoms with van der Waals surface area (Å²) < 4.78 is 9.95. The van der Waals surface area contributed by atoms with Crippen LogP contribution in [0, 0.1) is 0 Å². The zero-order chi connectivity index (χ0) is 15.1. The van der Waals surface area contributed by atoms with Gasteiger partial charge in [-0.05, 0) is 31.2 Å². The Kier molecular flexibility index (Phi) is 5.77. The van der Waals surface area contributed by atoms with E-state index in [-0.39, 0.29) is 18.0 Å².